The Labute approximate surface area is 116 Å². The molecule has 0 saturated carbocycles. The number of hydrogen-bond donors (Lipinski definition) is 1. The average Bonchev–Trinajstić information content (AvgIpc) is 2.44. The lowest BCUT2D eigenvalue weighted by molar-refractivity contribution is 0.0362. The number of aryl methyl sites for hydroxylation is 1. The van der Waals surface area contributed by atoms with Crippen LogP contribution in [0, 0.1) is 6.92 Å². The van der Waals surface area contributed by atoms with Crippen LogP contribution in [0.2, 0.25) is 0 Å². The molecule has 0 aliphatic carbocycles. The van der Waals surface area contributed by atoms with Crippen molar-refractivity contribution < 1.29 is 9.84 Å². The smallest absolute Gasteiger partial charge is 0.0594 e. The molecular weight excluding hydrogens is 238 g/mol. The maximum absolute atomic E-state index is 9.27. The maximum atomic E-state index is 9.27. The van der Waals surface area contributed by atoms with Crippen LogP contribution in [-0.4, -0.2) is 49.5 Å². The van der Waals surface area contributed by atoms with Crippen molar-refractivity contribution in [1.82, 2.24) is 4.90 Å². The zero-order valence-corrected chi connectivity index (χ0v) is 11.8. The van der Waals surface area contributed by atoms with Crippen molar-refractivity contribution in [1.29, 1.82) is 0 Å². The highest BCUT2D eigenvalue weighted by Gasteiger charge is 2.15. The van der Waals surface area contributed by atoms with E-state index >= 15 is 0 Å². The van der Waals surface area contributed by atoms with E-state index in [1.807, 2.05) is 0 Å². The van der Waals surface area contributed by atoms with Gasteiger partial charge in [-0.05, 0) is 37.8 Å². The average molecular weight is 263 g/mol. The van der Waals surface area contributed by atoms with Gasteiger partial charge in [0.25, 0.3) is 0 Å². The lowest BCUT2D eigenvalue weighted by Gasteiger charge is -2.28. The van der Waals surface area contributed by atoms with E-state index in [4.69, 9.17) is 4.74 Å². The molecule has 0 bridgehead atoms. The van der Waals surface area contributed by atoms with Crippen LogP contribution in [0.4, 0.5) is 0 Å². The Balaban J connectivity index is 1.91. The molecule has 1 saturated heterocycles. The van der Waals surface area contributed by atoms with E-state index in [1.54, 1.807) is 0 Å². The van der Waals surface area contributed by atoms with Gasteiger partial charge in [-0.15, -0.1) is 0 Å². The van der Waals surface area contributed by atoms with Gasteiger partial charge in [0.15, 0.2) is 0 Å². The van der Waals surface area contributed by atoms with E-state index in [9.17, 15) is 5.11 Å². The van der Waals surface area contributed by atoms with E-state index in [0.29, 0.717) is 5.92 Å². The zero-order chi connectivity index (χ0) is 13.5. The molecule has 3 heteroatoms. The molecule has 1 heterocycles. The summed E-state index contributed by atoms with van der Waals surface area (Å²) in [6.07, 6.45) is 1.97. The van der Waals surface area contributed by atoms with Crippen molar-refractivity contribution in [3.63, 3.8) is 0 Å². The Morgan fingerprint density at radius 2 is 2.05 bits per heavy atom. The number of rotatable bonds is 6. The summed E-state index contributed by atoms with van der Waals surface area (Å²) in [5.74, 6) is 0.466. The van der Waals surface area contributed by atoms with Crippen molar-refractivity contribution in [2.75, 3.05) is 39.5 Å². The number of benzene rings is 1. The quantitative estimate of drug-likeness (QED) is 0.854. The van der Waals surface area contributed by atoms with Crippen LogP contribution in [0.25, 0.3) is 0 Å². The second-order valence-electron chi connectivity index (χ2n) is 5.37. The van der Waals surface area contributed by atoms with Gasteiger partial charge in [-0.3, -0.25) is 4.90 Å². The zero-order valence-electron chi connectivity index (χ0n) is 11.8. The first-order valence-electron chi connectivity index (χ1n) is 7.27. The highest BCUT2D eigenvalue weighted by molar-refractivity contribution is 5.25. The van der Waals surface area contributed by atoms with Crippen LogP contribution in [0.5, 0.6) is 0 Å². The summed E-state index contributed by atoms with van der Waals surface area (Å²) in [4.78, 5) is 2.46. The normalized spacial score (nSPS) is 18.4. The molecule has 0 aromatic heterocycles. The van der Waals surface area contributed by atoms with E-state index < -0.39 is 0 Å². The molecule has 1 fully saturated rings. The Kier molecular flexibility index (Phi) is 5.83. The number of ether oxygens (including phenoxy) is 1. The van der Waals surface area contributed by atoms with Crippen LogP contribution < -0.4 is 0 Å². The fraction of sp³-hybridized carbons (Fsp3) is 0.625. The molecule has 0 spiro atoms. The highest BCUT2D eigenvalue weighted by atomic mass is 16.5. The third-order valence-electron chi connectivity index (χ3n) is 3.89. The van der Waals surface area contributed by atoms with Gasteiger partial charge in [0.1, 0.15) is 0 Å². The van der Waals surface area contributed by atoms with Crippen LogP contribution in [-0.2, 0) is 4.74 Å². The number of morpholine rings is 1. The maximum Gasteiger partial charge on any atom is 0.0594 e. The summed E-state index contributed by atoms with van der Waals surface area (Å²) < 4.78 is 5.37. The van der Waals surface area contributed by atoms with Gasteiger partial charge in [0, 0.05) is 19.7 Å². The minimum atomic E-state index is 0.266. The lowest BCUT2D eigenvalue weighted by Crippen LogP contribution is -2.37. The monoisotopic (exact) mass is 263 g/mol. The molecule has 1 atom stereocenters. The molecule has 1 aliphatic rings. The van der Waals surface area contributed by atoms with Gasteiger partial charge < -0.3 is 9.84 Å². The molecule has 2 rings (SSSR count). The van der Waals surface area contributed by atoms with E-state index in [2.05, 4.69) is 36.1 Å². The molecule has 0 amide bonds. The molecule has 1 aromatic rings. The molecule has 3 nitrogen and oxygen atoms in total. The standard InChI is InChI=1S/C16H25NO2/c1-14-3-2-4-16(13-14)15(6-10-18)5-7-17-8-11-19-12-9-17/h2-4,13,15,18H,5-12H2,1H3. The van der Waals surface area contributed by atoms with Gasteiger partial charge in [-0.2, -0.15) is 0 Å². The predicted molar refractivity (Wildman–Crippen MR) is 77.5 cm³/mol. The van der Waals surface area contributed by atoms with Gasteiger partial charge in [-0.1, -0.05) is 29.8 Å². The third kappa shape index (κ3) is 4.60. The lowest BCUT2D eigenvalue weighted by atomic mass is 9.91. The Morgan fingerprint density at radius 3 is 2.74 bits per heavy atom. The molecule has 0 radical (unpaired) electrons. The van der Waals surface area contributed by atoms with Gasteiger partial charge in [0.05, 0.1) is 13.2 Å². The summed E-state index contributed by atoms with van der Waals surface area (Å²) in [5.41, 5.74) is 2.66. The number of aliphatic hydroxyl groups excluding tert-OH is 1. The fourth-order valence-corrected chi connectivity index (χ4v) is 2.72. The van der Waals surface area contributed by atoms with E-state index in [1.165, 1.54) is 11.1 Å². The van der Waals surface area contributed by atoms with E-state index in [0.717, 1.165) is 45.7 Å². The van der Waals surface area contributed by atoms with Crippen LogP contribution in [0.15, 0.2) is 24.3 Å². The summed E-state index contributed by atoms with van der Waals surface area (Å²) in [5, 5.41) is 9.27. The Hall–Kier alpha value is -0.900. The molecule has 1 unspecified atom stereocenters. The first kappa shape index (κ1) is 14.5. The molecule has 106 valence electrons. The Morgan fingerprint density at radius 1 is 1.26 bits per heavy atom. The van der Waals surface area contributed by atoms with Crippen molar-refractivity contribution in [2.45, 2.75) is 25.7 Å². The van der Waals surface area contributed by atoms with Crippen LogP contribution in [0.3, 0.4) is 0 Å². The summed E-state index contributed by atoms with van der Waals surface area (Å²) >= 11 is 0. The van der Waals surface area contributed by atoms with Gasteiger partial charge >= 0.3 is 0 Å². The predicted octanol–water partition coefficient (Wildman–Crippen LogP) is 2.18. The fourth-order valence-electron chi connectivity index (χ4n) is 2.72. The van der Waals surface area contributed by atoms with Crippen LogP contribution in [0.1, 0.15) is 29.9 Å². The number of hydrogen-bond acceptors (Lipinski definition) is 3. The van der Waals surface area contributed by atoms with Crippen molar-refractivity contribution in [3.8, 4) is 0 Å². The summed E-state index contributed by atoms with van der Waals surface area (Å²) in [6, 6.07) is 8.68. The summed E-state index contributed by atoms with van der Waals surface area (Å²) in [6.45, 7) is 7.29. The summed E-state index contributed by atoms with van der Waals surface area (Å²) in [7, 11) is 0. The van der Waals surface area contributed by atoms with Crippen molar-refractivity contribution in [3.05, 3.63) is 35.4 Å². The third-order valence-corrected chi connectivity index (χ3v) is 3.89. The van der Waals surface area contributed by atoms with Crippen molar-refractivity contribution in [2.24, 2.45) is 0 Å². The number of nitrogens with zero attached hydrogens (tertiary/aromatic N) is 1. The number of aliphatic hydroxyl groups is 1. The van der Waals surface area contributed by atoms with Crippen molar-refractivity contribution >= 4 is 0 Å². The molecule has 1 N–H and O–H groups in total. The topological polar surface area (TPSA) is 32.7 Å². The highest BCUT2D eigenvalue weighted by Crippen LogP contribution is 2.24. The largest absolute Gasteiger partial charge is 0.396 e. The van der Waals surface area contributed by atoms with Crippen LogP contribution >= 0.6 is 0 Å². The first-order chi connectivity index (χ1) is 9.29. The second kappa shape index (κ2) is 7.63. The SMILES string of the molecule is Cc1cccc(C(CCO)CCN2CCOCC2)c1. The van der Waals surface area contributed by atoms with Gasteiger partial charge in [0.2, 0.25) is 0 Å². The molecular formula is C16H25NO2. The Bertz CT molecular complexity index is 375. The molecule has 1 aliphatic heterocycles. The second-order valence-corrected chi connectivity index (χ2v) is 5.37. The minimum absolute atomic E-state index is 0.266. The van der Waals surface area contributed by atoms with E-state index in [-0.39, 0.29) is 6.61 Å². The molecule has 1 aromatic carbocycles. The minimum Gasteiger partial charge on any atom is -0.396 e. The van der Waals surface area contributed by atoms with Gasteiger partial charge in [-0.25, -0.2) is 0 Å². The first-order valence-corrected chi connectivity index (χ1v) is 7.27. The molecule has 19 heavy (non-hydrogen) atoms.